The molecule has 1 rings (SSSR count). The molecule has 0 spiro atoms. The van der Waals surface area contributed by atoms with E-state index in [1.54, 1.807) is 23.1 Å². The normalized spacial score (nSPS) is 10.0. The standard InChI is InChI=1S/C11H13BrN2O3/c1-2-14(6-10(15)16)7-3-4-8(11(13)17)9(12)5-7/h3-5H,2,6H2,1H3,(H2,13,17)(H,15,16). The third-order valence-corrected chi connectivity index (χ3v) is 2.95. The number of carbonyl (C=O) groups is 2. The van der Waals surface area contributed by atoms with Gasteiger partial charge in [0.2, 0.25) is 5.91 Å². The van der Waals surface area contributed by atoms with Gasteiger partial charge in [0.25, 0.3) is 0 Å². The minimum atomic E-state index is -0.901. The Morgan fingerprint density at radius 1 is 1.47 bits per heavy atom. The van der Waals surface area contributed by atoms with Crippen LogP contribution in [0.15, 0.2) is 22.7 Å². The van der Waals surface area contributed by atoms with Crippen LogP contribution in [0, 0.1) is 0 Å². The second kappa shape index (κ2) is 5.67. The van der Waals surface area contributed by atoms with Crippen LogP contribution in [0.4, 0.5) is 5.69 Å². The van der Waals surface area contributed by atoms with Gasteiger partial charge in [0.15, 0.2) is 0 Å². The number of likely N-dealkylation sites (N-methyl/N-ethyl adjacent to an activating group) is 1. The third kappa shape index (κ3) is 3.45. The van der Waals surface area contributed by atoms with Crippen molar-refractivity contribution in [1.29, 1.82) is 0 Å². The maximum Gasteiger partial charge on any atom is 0.323 e. The Balaban J connectivity index is 3.02. The zero-order valence-electron chi connectivity index (χ0n) is 9.31. The molecule has 0 atom stereocenters. The molecule has 0 saturated heterocycles. The van der Waals surface area contributed by atoms with Crippen LogP contribution in [0.2, 0.25) is 0 Å². The van der Waals surface area contributed by atoms with E-state index in [0.717, 1.165) is 5.69 Å². The number of carboxylic acid groups (broad SMARTS) is 1. The van der Waals surface area contributed by atoms with Crippen molar-refractivity contribution in [3.05, 3.63) is 28.2 Å². The summed E-state index contributed by atoms with van der Waals surface area (Å²) >= 11 is 3.24. The Labute approximate surface area is 107 Å². The molecule has 0 unspecified atom stereocenters. The first-order valence-corrected chi connectivity index (χ1v) is 5.81. The van der Waals surface area contributed by atoms with Crippen molar-refractivity contribution in [1.82, 2.24) is 0 Å². The van der Waals surface area contributed by atoms with Crippen LogP contribution < -0.4 is 10.6 Å². The lowest BCUT2D eigenvalue weighted by Gasteiger charge is -2.21. The Kier molecular flexibility index (Phi) is 4.51. The zero-order chi connectivity index (χ0) is 13.0. The summed E-state index contributed by atoms with van der Waals surface area (Å²) in [6, 6.07) is 4.94. The number of nitrogens with zero attached hydrogens (tertiary/aromatic N) is 1. The molecule has 6 heteroatoms. The van der Waals surface area contributed by atoms with E-state index >= 15 is 0 Å². The van der Waals surface area contributed by atoms with Gasteiger partial charge in [0.1, 0.15) is 6.54 Å². The molecule has 0 heterocycles. The van der Waals surface area contributed by atoms with E-state index in [1.165, 1.54) is 0 Å². The number of aliphatic carboxylic acids is 1. The summed E-state index contributed by atoms with van der Waals surface area (Å²) in [6.45, 7) is 2.34. The van der Waals surface area contributed by atoms with E-state index in [1.807, 2.05) is 6.92 Å². The number of hydrogen-bond donors (Lipinski definition) is 2. The van der Waals surface area contributed by atoms with Crippen LogP contribution in [0.3, 0.4) is 0 Å². The molecule has 0 saturated carbocycles. The number of amides is 1. The molecule has 3 N–H and O–H groups in total. The molecule has 1 aromatic carbocycles. The highest BCUT2D eigenvalue weighted by Gasteiger charge is 2.12. The highest BCUT2D eigenvalue weighted by Crippen LogP contribution is 2.23. The van der Waals surface area contributed by atoms with E-state index in [9.17, 15) is 9.59 Å². The smallest absolute Gasteiger partial charge is 0.323 e. The Morgan fingerprint density at radius 2 is 2.12 bits per heavy atom. The molecule has 92 valence electrons. The first-order valence-electron chi connectivity index (χ1n) is 5.01. The number of benzene rings is 1. The minimum Gasteiger partial charge on any atom is -0.480 e. The first-order chi connectivity index (χ1) is 7.95. The van der Waals surface area contributed by atoms with E-state index in [4.69, 9.17) is 10.8 Å². The Bertz CT molecular complexity index is 448. The summed E-state index contributed by atoms with van der Waals surface area (Å²) in [6.07, 6.45) is 0. The minimum absolute atomic E-state index is 0.0845. The van der Waals surface area contributed by atoms with Crippen molar-refractivity contribution in [3.63, 3.8) is 0 Å². The van der Waals surface area contributed by atoms with Gasteiger partial charge in [0, 0.05) is 16.7 Å². The average Bonchev–Trinajstić information content (AvgIpc) is 2.24. The fourth-order valence-corrected chi connectivity index (χ4v) is 2.01. The average molecular weight is 301 g/mol. The van der Waals surface area contributed by atoms with Crippen LogP contribution in [0.1, 0.15) is 17.3 Å². The third-order valence-electron chi connectivity index (χ3n) is 2.29. The number of nitrogens with two attached hydrogens (primary N) is 1. The second-order valence-corrected chi connectivity index (χ2v) is 4.29. The van der Waals surface area contributed by atoms with Gasteiger partial charge in [-0.1, -0.05) is 0 Å². The van der Waals surface area contributed by atoms with Crippen LogP contribution in [-0.2, 0) is 4.79 Å². The lowest BCUT2D eigenvalue weighted by atomic mass is 10.2. The van der Waals surface area contributed by atoms with Crippen molar-refractivity contribution in [2.24, 2.45) is 5.73 Å². The molecular formula is C11H13BrN2O3. The molecule has 0 aliphatic carbocycles. The van der Waals surface area contributed by atoms with Crippen molar-refractivity contribution in [2.45, 2.75) is 6.92 Å². The lowest BCUT2D eigenvalue weighted by molar-refractivity contribution is -0.135. The second-order valence-electron chi connectivity index (χ2n) is 3.44. The maximum absolute atomic E-state index is 11.0. The quantitative estimate of drug-likeness (QED) is 0.862. The largest absolute Gasteiger partial charge is 0.480 e. The van der Waals surface area contributed by atoms with Crippen molar-refractivity contribution < 1.29 is 14.7 Å². The summed E-state index contributed by atoms with van der Waals surface area (Å²) in [5.41, 5.74) is 6.28. The number of rotatable bonds is 5. The predicted molar refractivity (Wildman–Crippen MR) is 68.2 cm³/mol. The summed E-state index contributed by atoms with van der Waals surface area (Å²) in [5, 5.41) is 8.76. The fourth-order valence-electron chi connectivity index (χ4n) is 1.45. The Morgan fingerprint density at radius 3 is 2.53 bits per heavy atom. The van der Waals surface area contributed by atoms with E-state index < -0.39 is 11.9 Å². The first kappa shape index (κ1) is 13.5. The van der Waals surface area contributed by atoms with Gasteiger partial charge in [-0.15, -0.1) is 0 Å². The van der Waals surface area contributed by atoms with Crippen molar-refractivity contribution in [3.8, 4) is 0 Å². The monoisotopic (exact) mass is 300 g/mol. The SMILES string of the molecule is CCN(CC(=O)O)c1ccc(C(N)=O)c(Br)c1. The summed E-state index contributed by atoms with van der Waals surface area (Å²) in [4.78, 5) is 23.4. The zero-order valence-corrected chi connectivity index (χ0v) is 10.9. The number of carbonyl (C=O) groups excluding carboxylic acids is 1. The molecule has 0 fully saturated rings. The van der Waals surface area contributed by atoms with Crippen LogP contribution in [-0.4, -0.2) is 30.1 Å². The summed E-state index contributed by atoms with van der Waals surface area (Å²) < 4.78 is 0.561. The van der Waals surface area contributed by atoms with Gasteiger partial charge in [-0.3, -0.25) is 9.59 Å². The van der Waals surface area contributed by atoms with E-state index in [-0.39, 0.29) is 6.54 Å². The number of primary amides is 1. The number of halogens is 1. The highest BCUT2D eigenvalue weighted by atomic mass is 79.9. The van der Waals surface area contributed by atoms with Crippen LogP contribution >= 0.6 is 15.9 Å². The van der Waals surface area contributed by atoms with Gasteiger partial charge in [-0.05, 0) is 41.1 Å². The van der Waals surface area contributed by atoms with Crippen molar-refractivity contribution in [2.75, 3.05) is 18.0 Å². The van der Waals surface area contributed by atoms with Gasteiger partial charge < -0.3 is 15.7 Å². The number of hydrogen-bond acceptors (Lipinski definition) is 3. The van der Waals surface area contributed by atoms with Crippen LogP contribution in [0.5, 0.6) is 0 Å². The molecule has 0 radical (unpaired) electrons. The molecule has 5 nitrogen and oxygen atoms in total. The van der Waals surface area contributed by atoms with E-state index in [0.29, 0.717) is 16.6 Å². The lowest BCUT2D eigenvalue weighted by Crippen LogP contribution is -2.29. The molecule has 1 amide bonds. The summed E-state index contributed by atoms with van der Waals surface area (Å²) in [5.74, 6) is -1.42. The van der Waals surface area contributed by atoms with E-state index in [2.05, 4.69) is 15.9 Å². The molecule has 0 aliphatic rings. The van der Waals surface area contributed by atoms with Gasteiger partial charge in [-0.25, -0.2) is 0 Å². The number of carboxylic acids is 1. The molecular weight excluding hydrogens is 288 g/mol. The molecule has 1 aromatic rings. The van der Waals surface area contributed by atoms with Gasteiger partial charge in [0.05, 0.1) is 5.56 Å². The van der Waals surface area contributed by atoms with Gasteiger partial charge >= 0.3 is 5.97 Å². The fraction of sp³-hybridized carbons (Fsp3) is 0.273. The van der Waals surface area contributed by atoms with Crippen molar-refractivity contribution >= 4 is 33.5 Å². The van der Waals surface area contributed by atoms with Crippen LogP contribution in [0.25, 0.3) is 0 Å². The highest BCUT2D eigenvalue weighted by molar-refractivity contribution is 9.10. The number of anilines is 1. The maximum atomic E-state index is 11.0. The Hall–Kier alpha value is -1.56. The topological polar surface area (TPSA) is 83.6 Å². The molecule has 17 heavy (non-hydrogen) atoms. The predicted octanol–water partition coefficient (Wildman–Crippen LogP) is 1.46. The molecule has 0 aliphatic heterocycles. The summed E-state index contributed by atoms with van der Waals surface area (Å²) in [7, 11) is 0. The van der Waals surface area contributed by atoms with Gasteiger partial charge in [-0.2, -0.15) is 0 Å². The molecule has 0 bridgehead atoms. The molecule has 0 aromatic heterocycles.